The molecule has 0 spiro atoms. The summed E-state index contributed by atoms with van der Waals surface area (Å²) >= 11 is 0. The van der Waals surface area contributed by atoms with Gasteiger partial charge in [-0.15, -0.1) is 0 Å². The van der Waals surface area contributed by atoms with Crippen molar-refractivity contribution >= 4 is 11.9 Å². The van der Waals surface area contributed by atoms with Crippen molar-refractivity contribution in [3.8, 4) is 0 Å². The summed E-state index contributed by atoms with van der Waals surface area (Å²) in [4.78, 5) is 30.8. The molecule has 0 saturated carbocycles. The van der Waals surface area contributed by atoms with E-state index in [0.29, 0.717) is 32.7 Å². The summed E-state index contributed by atoms with van der Waals surface area (Å²) < 4.78 is 5.31. The zero-order valence-electron chi connectivity index (χ0n) is 16.1. The van der Waals surface area contributed by atoms with Crippen molar-refractivity contribution < 1.29 is 14.3 Å². The molecule has 1 N–H and O–H groups in total. The maximum Gasteiger partial charge on any atom is 0.320 e. The number of amides is 3. The van der Waals surface area contributed by atoms with Crippen molar-refractivity contribution in [2.75, 3.05) is 59.0 Å². The second-order valence-electron chi connectivity index (χ2n) is 7.16. The van der Waals surface area contributed by atoms with E-state index >= 15 is 0 Å². The van der Waals surface area contributed by atoms with Crippen LogP contribution in [0.1, 0.15) is 24.9 Å². The average Bonchev–Trinajstić information content (AvgIpc) is 2.73. The number of nitrogens with zero attached hydrogens (tertiary/aromatic N) is 3. The van der Waals surface area contributed by atoms with Crippen molar-refractivity contribution in [1.82, 2.24) is 20.0 Å². The highest BCUT2D eigenvalue weighted by atomic mass is 16.5. The standard InChI is InChI=1S/C20H30N4O3/c1-17(18-5-3-2-4-6-18)21-19(25)7-8-22-9-11-23(12-10-22)20(26)24-13-15-27-16-14-24/h2-6,17H,7-16H2,1H3,(H,21,25). The number of hydrogen-bond donors (Lipinski definition) is 1. The third-order valence-corrected chi connectivity index (χ3v) is 5.26. The molecule has 1 unspecified atom stereocenters. The van der Waals surface area contributed by atoms with Crippen molar-refractivity contribution in [3.63, 3.8) is 0 Å². The fourth-order valence-electron chi connectivity index (χ4n) is 3.52. The molecular weight excluding hydrogens is 344 g/mol. The van der Waals surface area contributed by atoms with E-state index in [2.05, 4.69) is 10.2 Å². The Bertz CT molecular complexity index is 611. The Balaban J connectivity index is 1.35. The minimum Gasteiger partial charge on any atom is -0.378 e. The molecule has 7 heteroatoms. The van der Waals surface area contributed by atoms with Crippen LogP contribution in [0.2, 0.25) is 0 Å². The molecule has 2 saturated heterocycles. The van der Waals surface area contributed by atoms with Crippen molar-refractivity contribution in [1.29, 1.82) is 0 Å². The second-order valence-corrected chi connectivity index (χ2v) is 7.16. The van der Waals surface area contributed by atoms with E-state index in [-0.39, 0.29) is 18.0 Å². The van der Waals surface area contributed by atoms with Crippen LogP contribution in [0.25, 0.3) is 0 Å². The van der Waals surface area contributed by atoms with Crippen LogP contribution in [-0.2, 0) is 9.53 Å². The predicted octanol–water partition coefficient (Wildman–Crippen LogP) is 1.32. The van der Waals surface area contributed by atoms with Gasteiger partial charge in [0.1, 0.15) is 0 Å². The van der Waals surface area contributed by atoms with Gasteiger partial charge < -0.3 is 19.9 Å². The quantitative estimate of drug-likeness (QED) is 0.844. The highest BCUT2D eigenvalue weighted by Gasteiger charge is 2.26. The van der Waals surface area contributed by atoms with Gasteiger partial charge in [0.05, 0.1) is 19.3 Å². The molecule has 148 valence electrons. The van der Waals surface area contributed by atoms with Crippen LogP contribution in [0.5, 0.6) is 0 Å². The SMILES string of the molecule is CC(NC(=O)CCN1CCN(C(=O)N2CCOCC2)CC1)c1ccccc1. The Hall–Kier alpha value is -2.12. The maximum absolute atomic E-state index is 12.5. The summed E-state index contributed by atoms with van der Waals surface area (Å²) in [7, 11) is 0. The molecule has 2 fully saturated rings. The molecule has 1 aromatic carbocycles. The molecule has 3 amide bonds. The number of piperazine rings is 1. The van der Waals surface area contributed by atoms with E-state index in [9.17, 15) is 9.59 Å². The fourth-order valence-corrected chi connectivity index (χ4v) is 3.52. The molecule has 0 bridgehead atoms. The predicted molar refractivity (Wildman–Crippen MR) is 103 cm³/mol. The summed E-state index contributed by atoms with van der Waals surface area (Å²) in [5.41, 5.74) is 1.11. The maximum atomic E-state index is 12.5. The number of benzene rings is 1. The number of morpholine rings is 1. The zero-order valence-corrected chi connectivity index (χ0v) is 16.1. The number of rotatable bonds is 5. The van der Waals surface area contributed by atoms with Gasteiger partial charge >= 0.3 is 6.03 Å². The third kappa shape index (κ3) is 5.68. The van der Waals surface area contributed by atoms with Gasteiger partial charge in [-0.1, -0.05) is 30.3 Å². The van der Waals surface area contributed by atoms with Gasteiger partial charge in [0.25, 0.3) is 0 Å². The summed E-state index contributed by atoms with van der Waals surface area (Å²) in [5, 5.41) is 3.06. The molecule has 27 heavy (non-hydrogen) atoms. The number of ether oxygens (including phenoxy) is 1. The van der Waals surface area contributed by atoms with Crippen molar-refractivity contribution in [2.24, 2.45) is 0 Å². The van der Waals surface area contributed by atoms with Crippen molar-refractivity contribution in [2.45, 2.75) is 19.4 Å². The average molecular weight is 374 g/mol. The number of urea groups is 1. The van der Waals surface area contributed by atoms with E-state index in [1.165, 1.54) is 0 Å². The molecule has 0 aromatic heterocycles. The Morgan fingerprint density at radius 3 is 2.30 bits per heavy atom. The van der Waals surface area contributed by atoms with Gasteiger partial charge in [0.2, 0.25) is 5.91 Å². The smallest absolute Gasteiger partial charge is 0.320 e. The molecule has 2 heterocycles. The molecule has 3 rings (SSSR count). The zero-order chi connectivity index (χ0) is 19.1. The Morgan fingerprint density at radius 2 is 1.63 bits per heavy atom. The normalized spacial score (nSPS) is 19.6. The van der Waals surface area contributed by atoms with Crippen LogP contribution >= 0.6 is 0 Å². The second kappa shape index (κ2) is 9.71. The Kier molecular flexibility index (Phi) is 7.06. The first-order chi connectivity index (χ1) is 13.1. The highest BCUT2D eigenvalue weighted by molar-refractivity contribution is 5.76. The lowest BCUT2D eigenvalue weighted by Crippen LogP contribution is -2.55. The molecule has 1 atom stereocenters. The van der Waals surface area contributed by atoms with Crippen LogP contribution in [-0.4, -0.2) is 85.7 Å². The molecule has 2 aliphatic rings. The first-order valence-electron chi connectivity index (χ1n) is 9.82. The van der Waals surface area contributed by atoms with E-state index in [0.717, 1.165) is 38.3 Å². The van der Waals surface area contributed by atoms with Gasteiger partial charge in [-0.25, -0.2) is 4.79 Å². The van der Waals surface area contributed by atoms with Gasteiger partial charge in [-0.3, -0.25) is 9.69 Å². The summed E-state index contributed by atoms with van der Waals surface area (Å²) in [5.74, 6) is 0.0678. The topological polar surface area (TPSA) is 65.1 Å². The largest absolute Gasteiger partial charge is 0.378 e. The number of carbonyl (C=O) groups is 2. The minimum atomic E-state index is 0.0155. The summed E-state index contributed by atoms with van der Waals surface area (Å²) in [6.07, 6.45) is 0.481. The number of carbonyl (C=O) groups excluding carboxylic acids is 2. The van der Waals surface area contributed by atoms with E-state index in [4.69, 9.17) is 4.74 Å². The molecule has 0 aliphatic carbocycles. The van der Waals surface area contributed by atoms with Gasteiger partial charge in [-0.2, -0.15) is 0 Å². The lowest BCUT2D eigenvalue weighted by Gasteiger charge is -2.38. The molecule has 0 radical (unpaired) electrons. The van der Waals surface area contributed by atoms with Crippen LogP contribution in [0.4, 0.5) is 4.79 Å². The van der Waals surface area contributed by atoms with Crippen LogP contribution in [0.15, 0.2) is 30.3 Å². The van der Waals surface area contributed by atoms with Gasteiger partial charge in [0.15, 0.2) is 0 Å². The van der Waals surface area contributed by atoms with Crippen molar-refractivity contribution in [3.05, 3.63) is 35.9 Å². The van der Waals surface area contributed by atoms with Crippen LogP contribution in [0.3, 0.4) is 0 Å². The van der Waals surface area contributed by atoms with Crippen LogP contribution in [0, 0.1) is 0 Å². The number of hydrogen-bond acceptors (Lipinski definition) is 4. The lowest BCUT2D eigenvalue weighted by molar-refractivity contribution is -0.122. The van der Waals surface area contributed by atoms with E-state index in [1.807, 2.05) is 47.1 Å². The van der Waals surface area contributed by atoms with Gasteiger partial charge in [-0.05, 0) is 12.5 Å². The molecule has 1 aromatic rings. The lowest BCUT2D eigenvalue weighted by atomic mass is 10.1. The fraction of sp³-hybridized carbons (Fsp3) is 0.600. The van der Waals surface area contributed by atoms with Gasteiger partial charge in [0, 0.05) is 52.2 Å². The molecule has 2 aliphatic heterocycles. The molecular formula is C20H30N4O3. The third-order valence-electron chi connectivity index (χ3n) is 5.26. The molecule has 7 nitrogen and oxygen atoms in total. The van der Waals surface area contributed by atoms with E-state index in [1.54, 1.807) is 0 Å². The summed E-state index contributed by atoms with van der Waals surface area (Å²) in [6, 6.07) is 10.1. The minimum absolute atomic E-state index is 0.0155. The Labute approximate surface area is 161 Å². The number of nitrogens with one attached hydrogen (secondary N) is 1. The first-order valence-corrected chi connectivity index (χ1v) is 9.82. The van der Waals surface area contributed by atoms with Crippen LogP contribution < -0.4 is 5.32 Å². The van der Waals surface area contributed by atoms with E-state index < -0.39 is 0 Å². The Morgan fingerprint density at radius 1 is 1.00 bits per heavy atom. The monoisotopic (exact) mass is 374 g/mol. The first kappa shape index (κ1) is 19.6. The highest BCUT2D eigenvalue weighted by Crippen LogP contribution is 2.12. The summed E-state index contributed by atoms with van der Waals surface area (Å²) in [6.45, 7) is 8.42.